The van der Waals surface area contributed by atoms with E-state index in [1.54, 1.807) is 12.1 Å². The minimum Gasteiger partial charge on any atom is -0.273 e. The Bertz CT molecular complexity index is 496. The molecule has 6 heteroatoms. The van der Waals surface area contributed by atoms with Gasteiger partial charge in [0.25, 0.3) is 5.91 Å². The third kappa shape index (κ3) is 3.15. The van der Waals surface area contributed by atoms with Crippen molar-refractivity contribution in [3.8, 4) is 0 Å². The molecule has 1 aliphatic carbocycles. The van der Waals surface area contributed by atoms with E-state index < -0.39 is 5.91 Å². The first-order chi connectivity index (χ1) is 9.22. The van der Waals surface area contributed by atoms with Crippen molar-refractivity contribution in [3.63, 3.8) is 0 Å². The predicted octanol–water partition coefficient (Wildman–Crippen LogP) is 2.04. The van der Waals surface area contributed by atoms with Gasteiger partial charge in [-0.3, -0.25) is 20.4 Å². The van der Waals surface area contributed by atoms with Crippen molar-refractivity contribution >= 4 is 17.5 Å². The Kier molecular flexibility index (Phi) is 4.22. The topological polar surface area (TPSA) is 87.6 Å². The summed E-state index contributed by atoms with van der Waals surface area (Å²) in [5.41, 5.74) is 4.90. The number of hydrazine groups is 1. The van der Waals surface area contributed by atoms with E-state index in [0.29, 0.717) is 0 Å². The van der Waals surface area contributed by atoms with Crippen molar-refractivity contribution < 1.29 is 9.59 Å². The summed E-state index contributed by atoms with van der Waals surface area (Å²) in [5, 5.41) is 2.77. The van der Waals surface area contributed by atoms with E-state index in [4.69, 9.17) is 0 Å². The van der Waals surface area contributed by atoms with Crippen LogP contribution in [-0.2, 0) is 4.79 Å². The summed E-state index contributed by atoms with van der Waals surface area (Å²) in [7, 11) is 0. The molecule has 1 saturated carbocycles. The van der Waals surface area contributed by atoms with Crippen LogP contribution < -0.4 is 10.9 Å². The maximum Gasteiger partial charge on any atom is 0.272 e. The highest BCUT2D eigenvalue weighted by Gasteiger charge is 2.23. The number of carbonyl (C=O) groups excluding carboxylic acids is 2. The van der Waals surface area contributed by atoms with Crippen LogP contribution in [0.4, 0.5) is 5.69 Å². The molecule has 100 valence electrons. The molecule has 2 rings (SSSR count). The molecule has 0 aliphatic heterocycles. The van der Waals surface area contributed by atoms with Gasteiger partial charge in [-0.05, 0) is 30.2 Å². The maximum atomic E-state index is 11.8. The average molecular weight is 261 g/mol. The molecule has 1 fully saturated rings. The van der Waals surface area contributed by atoms with Crippen LogP contribution in [0.1, 0.15) is 36.0 Å². The van der Waals surface area contributed by atoms with E-state index in [1.165, 1.54) is 12.1 Å². The van der Waals surface area contributed by atoms with Crippen molar-refractivity contribution in [2.75, 3.05) is 0 Å². The van der Waals surface area contributed by atoms with Gasteiger partial charge in [-0.1, -0.05) is 25.0 Å². The maximum absolute atomic E-state index is 11.8. The van der Waals surface area contributed by atoms with Crippen molar-refractivity contribution in [3.05, 3.63) is 34.7 Å². The molecule has 0 atom stereocenters. The van der Waals surface area contributed by atoms with Gasteiger partial charge in [0.2, 0.25) is 5.91 Å². The van der Waals surface area contributed by atoms with Gasteiger partial charge < -0.3 is 0 Å². The zero-order valence-electron chi connectivity index (χ0n) is 10.4. The summed E-state index contributed by atoms with van der Waals surface area (Å²) < 4.78 is 0. The molecule has 0 unspecified atom stereocenters. The zero-order chi connectivity index (χ0) is 13.7. The lowest BCUT2D eigenvalue weighted by molar-refractivity contribution is -0.125. The second-order valence-electron chi connectivity index (χ2n) is 4.53. The minimum atomic E-state index is -0.540. The first-order valence-electron chi connectivity index (χ1n) is 6.25. The summed E-state index contributed by atoms with van der Waals surface area (Å²) in [5.74, 6) is -0.747. The van der Waals surface area contributed by atoms with E-state index in [-0.39, 0.29) is 23.1 Å². The summed E-state index contributed by atoms with van der Waals surface area (Å²) in [6.45, 7) is 0. The van der Waals surface area contributed by atoms with Gasteiger partial charge >= 0.3 is 0 Å². The van der Waals surface area contributed by atoms with Gasteiger partial charge in [-0.15, -0.1) is 4.91 Å². The third-order valence-electron chi connectivity index (χ3n) is 3.27. The quantitative estimate of drug-likeness (QED) is 0.644. The lowest BCUT2D eigenvalue weighted by Gasteiger charge is -2.11. The number of hydrogen-bond acceptors (Lipinski definition) is 4. The number of nitroso groups, excluding NO2 is 1. The van der Waals surface area contributed by atoms with E-state index in [1.807, 2.05) is 0 Å². The summed E-state index contributed by atoms with van der Waals surface area (Å²) in [4.78, 5) is 34.1. The summed E-state index contributed by atoms with van der Waals surface area (Å²) in [6.07, 6.45) is 3.80. The fourth-order valence-electron chi connectivity index (χ4n) is 2.22. The number of nitrogens with one attached hydrogen (secondary N) is 2. The lowest BCUT2D eigenvalue weighted by Crippen LogP contribution is -2.44. The number of hydrogen-bond donors (Lipinski definition) is 2. The van der Waals surface area contributed by atoms with E-state index in [2.05, 4.69) is 16.0 Å². The number of nitrogens with zero attached hydrogens (tertiary/aromatic N) is 1. The first kappa shape index (κ1) is 13.2. The van der Waals surface area contributed by atoms with Gasteiger partial charge in [0, 0.05) is 5.92 Å². The smallest absolute Gasteiger partial charge is 0.272 e. The number of amides is 2. The Hall–Kier alpha value is -2.24. The SMILES string of the molecule is O=Nc1ccccc1C(=O)NNC(=O)C1CCCC1. The van der Waals surface area contributed by atoms with Crippen LogP contribution in [0.3, 0.4) is 0 Å². The van der Waals surface area contributed by atoms with E-state index in [9.17, 15) is 14.5 Å². The fraction of sp³-hybridized carbons (Fsp3) is 0.385. The van der Waals surface area contributed by atoms with E-state index >= 15 is 0 Å². The minimum absolute atomic E-state index is 0.0280. The van der Waals surface area contributed by atoms with Crippen molar-refractivity contribution in [1.29, 1.82) is 0 Å². The Morgan fingerprint density at radius 2 is 1.79 bits per heavy atom. The van der Waals surface area contributed by atoms with Crippen LogP contribution in [0.15, 0.2) is 29.4 Å². The Balaban J connectivity index is 1.93. The Labute approximate surface area is 110 Å². The van der Waals surface area contributed by atoms with Crippen molar-refractivity contribution in [2.24, 2.45) is 11.1 Å². The number of rotatable bonds is 3. The molecule has 2 N–H and O–H groups in total. The van der Waals surface area contributed by atoms with Crippen molar-refractivity contribution in [1.82, 2.24) is 10.9 Å². The summed E-state index contributed by atoms with van der Waals surface area (Å²) in [6, 6.07) is 6.17. The average Bonchev–Trinajstić information content (AvgIpc) is 2.98. The van der Waals surface area contributed by atoms with Gasteiger partial charge in [0.1, 0.15) is 5.69 Å². The predicted molar refractivity (Wildman–Crippen MR) is 69.5 cm³/mol. The highest BCUT2D eigenvalue weighted by Crippen LogP contribution is 2.24. The molecule has 0 heterocycles. The number of carbonyl (C=O) groups is 2. The molecule has 0 saturated heterocycles. The van der Waals surface area contributed by atoms with Crippen LogP contribution in [0, 0.1) is 10.8 Å². The molecular formula is C13H15N3O3. The van der Waals surface area contributed by atoms with Crippen molar-refractivity contribution in [2.45, 2.75) is 25.7 Å². The highest BCUT2D eigenvalue weighted by molar-refractivity contribution is 5.99. The van der Waals surface area contributed by atoms with Crippen LogP contribution in [0.2, 0.25) is 0 Å². The molecule has 2 amide bonds. The molecule has 0 bridgehead atoms. The zero-order valence-corrected chi connectivity index (χ0v) is 10.4. The van der Waals surface area contributed by atoms with Gasteiger partial charge in [-0.2, -0.15) is 0 Å². The Morgan fingerprint density at radius 1 is 1.11 bits per heavy atom. The Morgan fingerprint density at radius 3 is 2.47 bits per heavy atom. The molecule has 1 aromatic rings. The summed E-state index contributed by atoms with van der Waals surface area (Å²) >= 11 is 0. The molecular weight excluding hydrogens is 246 g/mol. The van der Waals surface area contributed by atoms with E-state index in [0.717, 1.165) is 25.7 Å². The molecule has 0 radical (unpaired) electrons. The van der Waals surface area contributed by atoms with Gasteiger partial charge in [0.15, 0.2) is 0 Å². The standard InChI is InChI=1S/C13H15N3O3/c17-12(9-5-1-2-6-9)14-15-13(18)10-7-3-4-8-11(10)16-19/h3-4,7-9H,1-2,5-6H2,(H,14,17)(H,15,18). The first-order valence-corrected chi connectivity index (χ1v) is 6.25. The monoisotopic (exact) mass is 261 g/mol. The van der Waals surface area contributed by atoms with Crippen LogP contribution in [-0.4, -0.2) is 11.8 Å². The van der Waals surface area contributed by atoms with Crippen LogP contribution in [0.5, 0.6) is 0 Å². The third-order valence-corrected chi connectivity index (χ3v) is 3.27. The molecule has 0 aromatic heterocycles. The molecule has 0 spiro atoms. The molecule has 1 aromatic carbocycles. The van der Waals surface area contributed by atoms with Crippen LogP contribution >= 0.6 is 0 Å². The molecule has 1 aliphatic rings. The molecule has 19 heavy (non-hydrogen) atoms. The number of benzene rings is 1. The second kappa shape index (κ2) is 6.08. The lowest BCUT2D eigenvalue weighted by atomic mass is 10.1. The van der Waals surface area contributed by atoms with Gasteiger partial charge in [0.05, 0.1) is 5.56 Å². The highest BCUT2D eigenvalue weighted by atomic mass is 16.3. The fourth-order valence-corrected chi connectivity index (χ4v) is 2.22. The molecule has 6 nitrogen and oxygen atoms in total. The van der Waals surface area contributed by atoms with Gasteiger partial charge in [-0.25, -0.2) is 0 Å². The second-order valence-corrected chi connectivity index (χ2v) is 4.53. The normalized spacial score (nSPS) is 14.9. The van der Waals surface area contributed by atoms with Crippen LogP contribution in [0.25, 0.3) is 0 Å². The largest absolute Gasteiger partial charge is 0.273 e.